The van der Waals surface area contributed by atoms with Crippen LogP contribution in [0.2, 0.25) is 0 Å². The van der Waals surface area contributed by atoms with E-state index in [-0.39, 0.29) is 35.4 Å². The number of hydrogen-bond donors (Lipinski definition) is 1. The van der Waals surface area contributed by atoms with Crippen molar-refractivity contribution in [1.29, 1.82) is 0 Å². The smallest absolute Gasteiger partial charge is 0.243 e. The summed E-state index contributed by atoms with van der Waals surface area (Å²) in [5.41, 5.74) is 0. The Morgan fingerprint density at radius 2 is 1.42 bits per heavy atom. The highest BCUT2D eigenvalue weighted by Crippen LogP contribution is 2.24. The number of ether oxygens (including phenoxy) is 1. The SMILES string of the molecule is O=C(NCCOc1ccc(S(=O)(=O)N2CCCCC2)cc1)[C@@H]1CCCN(S(=O)(=O)c2ccccc2)C1. The third-order valence-electron chi connectivity index (χ3n) is 6.58. The summed E-state index contributed by atoms with van der Waals surface area (Å²) in [7, 11) is -7.11. The molecule has 0 saturated carbocycles. The van der Waals surface area contributed by atoms with Gasteiger partial charge >= 0.3 is 0 Å². The zero-order valence-corrected chi connectivity index (χ0v) is 21.8. The van der Waals surface area contributed by atoms with E-state index in [0.29, 0.717) is 38.2 Å². The van der Waals surface area contributed by atoms with E-state index in [0.717, 1.165) is 19.3 Å². The monoisotopic (exact) mass is 535 g/mol. The number of nitrogens with zero attached hydrogens (tertiary/aromatic N) is 2. The van der Waals surface area contributed by atoms with Gasteiger partial charge in [0.1, 0.15) is 12.4 Å². The fraction of sp³-hybridized carbons (Fsp3) is 0.480. The zero-order valence-electron chi connectivity index (χ0n) is 20.2. The predicted octanol–water partition coefficient (Wildman–Crippen LogP) is 2.46. The van der Waals surface area contributed by atoms with Crippen LogP contribution in [0.25, 0.3) is 0 Å². The molecule has 0 bridgehead atoms. The van der Waals surface area contributed by atoms with Gasteiger partial charge in [0.05, 0.1) is 22.3 Å². The van der Waals surface area contributed by atoms with Gasteiger partial charge < -0.3 is 10.1 Å². The van der Waals surface area contributed by atoms with E-state index in [9.17, 15) is 21.6 Å². The van der Waals surface area contributed by atoms with Crippen molar-refractivity contribution < 1.29 is 26.4 Å². The predicted molar refractivity (Wildman–Crippen MR) is 135 cm³/mol. The van der Waals surface area contributed by atoms with Gasteiger partial charge in [-0.1, -0.05) is 24.6 Å². The summed E-state index contributed by atoms with van der Waals surface area (Å²) in [6, 6.07) is 14.6. The number of benzene rings is 2. The molecule has 0 aliphatic carbocycles. The van der Waals surface area contributed by atoms with Crippen LogP contribution < -0.4 is 10.1 Å². The van der Waals surface area contributed by atoms with Crippen LogP contribution in [0.4, 0.5) is 0 Å². The minimum atomic E-state index is -3.63. The van der Waals surface area contributed by atoms with Gasteiger partial charge in [0.25, 0.3) is 0 Å². The van der Waals surface area contributed by atoms with E-state index in [1.165, 1.54) is 8.61 Å². The van der Waals surface area contributed by atoms with Crippen LogP contribution in [0.5, 0.6) is 5.75 Å². The molecule has 1 N–H and O–H groups in total. The van der Waals surface area contributed by atoms with Crippen LogP contribution in [0.1, 0.15) is 32.1 Å². The molecule has 196 valence electrons. The van der Waals surface area contributed by atoms with Crippen molar-refractivity contribution in [3.8, 4) is 5.75 Å². The molecular formula is C25H33N3O6S2. The number of sulfonamides is 2. The lowest BCUT2D eigenvalue weighted by Crippen LogP contribution is -2.45. The maximum absolute atomic E-state index is 12.9. The van der Waals surface area contributed by atoms with E-state index < -0.39 is 26.0 Å². The minimum absolute atomic E-state index is 0.150. The molecule has 2 aliphatic rings. The second-order valence-electron chi connectivity index (χ2n) is 9.09. The van der Waals surface area contributed by atoms with E-state index in [1.807, 2.05) is 0 Å². The molecule has 2 aliphatic heterocycles. The second-order valence-corrected chi connectivity index (χ2v) is 13.0. The maximum atomic E-state index is 12.9. The Morgan fingerprint density at radius 3 is 2.11 bits per heavy atom. The van der Waals surface area contributed by atoms with Crippen molar-refractivity contribution in [3.05, 3.63) is 54.6 Å². The first-order chi connectivity index (χ1) is 17.3. The summed E-state index contributed by atoms with van der Waals surface area (Å²) in [5, 5.41) is 2.83. The molecule has 2 saturated heterocycles. The first kappa shape index (κ1) is 26.6. The highest BCUT2D eigenvalue weighted by atomic mass is 32.2. The summed E-state index contributed by atoms with van der Waals surface area (Å²) < 4.78 is 59.8. The average molecular weight is 536 g/mol. The summed E-state index contributed by atoms with van der Waals surface area (Å²) in [4.78, 5) is 13.1. The Labute approximate surface area is 213 Å². The number of hydrogen-bond acceptors (Lipinski definition) is 6. The van der Waals surface area contributed by atoms with Gasteiger partial charge in [-0.05, 0) is 62.1 Å². The average Bonchev–Trinajstić information content (AvgIpc) is 2.92. The Balaban J connectivity index is 1.24. The lowest BCUT2D eigenvalue weighted by molar-refractivity contribution is -0.126. The Morgan fingerprint density at radius 1 is 0.806 bits per heavy atom. The van der Waals surface area contributed by atoms with Crippen molar-refractivity contribution in [2.45, 2.75) is 41.9 Å². The summed E-state index contributed by atoms with van der Waals surface area (Å²) in [6.07, 6.45) is 4.07. The molecule has 2 fully saturated rings. The molecule has 2 heterocycles. The third-order valence-corrected chi connectivity index (χ3v) is 10.4. The molecule has 0 aromatic heterocycles. The topological polar surface area (TPSA) is 113 Å². The summed E-state index contributed by atoms with van der Waals surface area (Å²) in [5.74, 6) is -0.106. The standard InChI is InChI=1S/C25H33N3O6S2/c29-25(21-8-7-18-28(20-21)36(32,33)23-9-3-1-4-10-23)26-15-19-34-22-11-13-24(14-12-22)35(30,31)27-16-5-2-6-17-27/h1,3-4,9-14,21H,2,5-8,15-20H2,(H,26,29)/t21-/m1/s1. The van der Waals surface area contributed by atoms with Crippen molar-refractivity contribution in [1.82, 2.24) is 13.9 Å². The Kier molecular flexibility index (Phi) is 8.66. The molecular weight excluding hydrogens is 502 g/mol. The summed E-state index contributed by atoms with van der Waals surface area (Å²) >= 11 is 0. The number of carbonyl (C=O) groups excluding carboxylic acids is 1. The van der Waals surface area contributed by atoms with E-state index in [2.05, 4.69) is 5.32 Å². The molecule has 0 radical (unpaired) electrons. The molecule has 9 nitrogen and oxygen atoms in total. The van der Waals surface area contributed by atoms with Gasteiger partial charge in [-0.2, -0.15) is 8.61 Å². The van der Waals surface area contributed by atoms with E-state index in [1.54, 1.807) is 54.6 Å². The van der Waals surface area contributed by atoms with Gasteiger partial charge in [0, 0.05) is 26.2 Å². The molecule has 1 atom stereocenters. The maximum Gasteiger partial charge on any atom is 0.243 e. The summed E-state index contributed by atoms with van der Waals surface area (Å²) in [6.45, 7) is 2.12. The zero-order chi connectivity index (χ0) is 25.6. The number of nitrogens with one attached hydrogen (secondary N) is 1. The lowest BCUT2D eigenvalue weighted by Gasteiger charge is -2.31. The van der Waals surface area contributed by atoms with Gasteiger partial charge in [-0.3, -0.25) is 4.79 Å². The number of carbonyl (C=O) groups is 1. The van der Waals surface area contributed by atoms with E-state index >= 15 is 0 Å². The van der Waals surface area contributed by atoms with Gasteiger partial charge in [-0.25, -0.2) is 16.8 Å². The molecule has 0 unspecified atom stereocenters. The minimum Gasteiger partial charge on any atom is -0.492 e. The number of rotatable bonds is 9. The van der Waals surface area contributed by atoms with Crippen LogP contribution in [0, 0.1) is 5.92 Å². The molecule has 36 heavy (non-hydrogen) atoms. The van der Waals surface area contributed by atoms with Gasteiger partial charge in [0.2, 0.25) is 26.0 Å². The van der Waals surface area contributed by atoms with Crippen molar-refractivity contribution in [3.63, 3.8) is 0 Å². The third kappa shape index (κ3) is 6.26. The fourth-order valence-corrected chi connectivity index (χ4v) is 7.63. The van der Waals surface area contributed by atoms with Crippen molar-refractivity contribution in [2.75, 3.05) is 39.3 Å². The van der Waals surface area contributed by atoms with Crippen molar-refractivity contribution in [2.24, 2.45) is 5.92 Å². The number of amides is 1. The Bertz CT molecular complexity index is 1230. The molecule has 1 amide bonds. The van der Waals surface area contributed by atoms with Gasteiger partial charge in [-0.15, -0.1) is 0 Å². The molecule has 0 spiro atoms. The highest BCUT2D eigenvalue weighted by molar-refractivity contribution is 7.89. The first-order valence-electron chi connectivity index (χ1n) is 12.3. The van der Waals surface area contributed by atoms with E-state index in [4.69, 9.17) is 4.74 Å². The molecule has 2 aromatic rings. The lowest BCUT2D eigenvalue weighted by atomic mass is 9.99. The van der Waals surface area contributed by atoms with Crippen LogP contribution in [-0.2, 0) is 24.8 Å². The van der Waals surface area contributed by atoms with Crippen LogP contribution in [0.15, 0.2) is 64.4 Å². The van der Waals surface area contributed by atoms with Crippen LogP contribution >= 0.6 is 0 Å². The largest absolute Gasteiger partial charge is 0.492 e. The van der Waals surface area contributed by atoms with Gasteiger partial charge in [0.15, 0.2) is 0 Å². The highest BCUT2D eigenvalue weighted by Gasteiger charge is 2.33. The fourth-order valence-electron chi connectivity index (χ4n) is 4.57. The van der Waals surface area contributed by atoms with Crippen LogP contribution in [0.3, 0.4) is 0 Å². The Hall–Kier alpha value is -2.47. The first-order valence-corrected chi connectivity index (χ1v) is 15.2. The molecule has 11 heteroatoms. The number of piperidine rings is 2. The quantitative estimate of drug-likeness (QED) is 0.494. The second kappa shape index (κ2) is 11.7. The van der Waals surface area contributed by atoms with Crippen LogP contribution in [-0.4, -0.2) is 70.7 Å². The molecule has 4 rings (SSSR count). The van der Waals surface area contributed by atoms with Crippen molar-refractivity contribution >= 4 is 26.0 Å². The molecule has 2 aromatic carbocycles. The normalized spacial score (nSPS) is 20.1.